The third kappa shape index (κ3) is 2.85. The molecule has 0 saturated carbocycles. The van der Waals surface area contributed by atoms with Gasteiger partial charge in [-0.15, -0.1) is 0 Å². The molecule has 5 heteroatoms. The molecule has 1 saturated heterocycles. The van der Waals surface area contributed by atoms with Crippen molar-refractivity contribution in [2.45, 2.75) is 0 Å². The molecule has 2 aromatic rings. The number of furan rings is 1. The van der Waals surface area contributed by atoms with Gasteiger partial charge in [0, 0.05) is 31.7 Å². The minimum atomic E-state index is 0.0230. The Labute approximate surface area is 129 Å². The smallest absolute Gasteiger partial charge is 0.254 e. The Morgan fingerprint density at radius 1 is 1.36 bits per heavy atom. The van der Waals surface area contributed by atoms with Gasteiger partial charge in [-0.1, -0.05) is 12.7 Å². The number of ether oxygens (including phenoxy) is 1. The minimum absolute atomic E-state index is 0.0230. The zero-order chi connectivity index (χ0) is 15.5. The van der Waals surface area contributed by atoms with E-state index in [4.69, 9.17) is 9.15 Å². The molecule has 5 nitrogen and oxygen atoms in total. The van der Waals surface area contributed by atoms with E-state index >= 15 is 0 Å². The molecule has 1 aromatic heterocycles. The number of rotatable bonds is 4. The zero-order valence-corrected chi connectivity index (χ0v) is 12.7. The summed E-state index contributed by atoms with van der Waals surface area (Å²) < 4.78 is 11.1. The molecule has 0 radical (unpaired) electrons. The van der Waals surface area contributed by atoms with Crippen molar-refractivity contribution in [3.63, 3.8) is 0 Å². The average molecular weight is 300 g/mol. The summed E-state index contributed by atoms with van der Waals surface area (Å²) in [6.07, 6.45) is 3.29. The zero-order valence-electron chi connectivity index (χ0n) is 12.7. The van der Waals surface area contributed by atoms with Crippen LogP contribution in [0.25, 0.3) is 11.0 Å². The Morgan fingerprint density at radius 3 is 2.86 bits per heavy atom. The number of fused-ring (bicyclic) bond motifs is 1. The number of carbonyl (C=O) groups is 1. The first-order chi connectivity index (χ1) is 10.7. The average Bonchev–Trinajstić information content (AvgIpc) is 3.01. The maximum absolute atomic E-state index is 12.7. The number of nitrogens with zero attached hydrogens (tertiary/aromatic N) is 2. The molecule has 0 atom stereocenters. The van der Waals surface area contributed by atoms with Gasteiger partial charge in [-0.05, 0) is 25.2 Å². The molecular weight excluding hydrogens is 280 g/mol. The molecule has 116 valence electrons. The summed E-state index contributed by atoms with van der Waals surface area (Å²) in [6, 6.07) is 5.43. The number of hydrogen-bond donors (Lipinski definition) is 0. The van der Waals surface area contributed by atoms with Crippen molar-refractivity contribution in [3.8, 4) is 5.75 Å². The van der Waals surface area contributed by atoms with Gasteiger partial charge in [-0.25, -0.2) is 0 Å². The van der Waals surface area contributed by atoms with Crippen LogP contribution in [-0.2, 0) is 0 Å². The van der Waals surface area contributed by atoms with Crippen LogP contribution in [0.4, 0.5) is 0 Å². The molecule has 1 fully saturated rings. The van der Waals surface area contributed by atoms with Crippen molar-refractivity contribution < 1.29 is 13.9 Å². The lowest BCUT2D eigenvalue weighted by atomic mass is 10.1. The summed E-state index contributed by atoms with van der Waals surface area (Å²) in [5.41, 5.74) is 1.27. The number of piperazine rings is 1. The fraction of sp³-hybridized carbons (Fsp3) is 0.353. The Bertz CT molecular complexity index is 684. The molecule has 0 bridgehead atoms. The molecule has 3 rings (SSSR count). The normalized spacial score (nSPS) is 16.0. The van der Waals surface area contributed by atoms with Gasteiger partial charge < -0.3 is 19.0 Å². The Kier molecular flexibility index (Phi) is 4.15. The first kappa shape index (κ1) is 14.7. The number of carbonyl (C=O) groups excluding carboxylic acids is 1. The lowest BCUT2D eigenvalue weighted by Crippen LogP contribution is -2.47. The van der Waals surface area contributed by atoms with E-state index in [0.717, 1.165) is 31.6 Å². The number of amides is 1. The van der Waals surface area contributed by atoms with Gasteiger partial charge in [0.25, 0.3) is 5.91 Å². The summed E-state index contributed by atoms with van der Waals surface area (Å²) in [5, 5.41) is 0.872. The maximum Gasteiger partial charge on any atom is 0.254 e. The van der Waals surface area contributed by atoms with Crippen molar-refractivity contribution in [1.82, 2.24) is 9.80 Å². The molecule has 1 aromatic carbocycles. The van der Waals surface area contributed by atoms with Gasteiger partial charge >= 0.3 is 0 Å². The largest absolute Gasteiger partial charge is 0.489 e. The van der Waals surface area contributed by atoms with Crippen LogP contribution in [-0.4, -0.2) is 55.5 Å². The second-order valence-electron chi connectivity index (χ2n) is 5.50. The highest BCUT2D eigenvalue weighted by atomic mass is 16.5. The van der Waals surface area contributed by atoms with E-state index < -0.39 is 0 Å². The van der Waals surface area contributed by atoms with Crippen molar-refractivity contribution in [2.75, 3.05) is 39.8 Å². The predicted octanol–water partition coefficient (Wildman–Crippen LogP) is 2.39. The Morgan fingerprint density at radius 2 is 2.14 bits per heavy atom. The number of benzene rings is 1. The second kappa shape index (κ2) is 6.23. The van der Waals surface area contributed by atoms with E-state index in [1.807, 2.05) is 11.0 Å². The molecule has 2 heterocycles. The first-order valence-corrected chi connectivity index (χ1v) is 7.42. The van der Waals surface area contributed by atoms with Gasteiger partial charge in [0.1, 0.15) is 17.9 Å². The summed E-state index contributed by atoms with van der Waals surface area (Å²) in [5.74, 6) is 0.679. The molecule has 1 amide bonds. The second-order valence-corrected chi connectivity index (χ2v) is 5.50. The third-order valence-electron chi connectivity index (χ3n) is 3.93. The summed E-state index contributed by atoms with van der Waals surface area (Å²) >= 11 is 0. The van der Waals surface area contributed by atoms with Gasteiger partial charge in [-0.3, -0.25) is 4.79 Å². The lowest BCUT2D eigenvalue weighted by molar-refractivity contribution is 0.0664. The molecule has 22 heavy (non-hydrogen) atoms. The highest BCUT2D eigenvalue weighted by Crippen LogP contribution is 2.29. The van der Waals surface area contributed by atoms with Crippen LogP contribution in [0.5, 0.6) is 5.75 Å². The van der Waals surface area contributed by atoms with Crippen LogP contribution in [0.1, 0.15) is 10.4 Å². The maximum atomic E-state index is 12.7. The van der Waals surface area contributed by atoms with Crippen molar-refractivity contribution >= 4 is 16.9 Å². The SMILES string of the molecule is C=CCOc1cc(C(=O)N2CCN(C)CC2)cc2occc12. The van der Waals surface area contributed by atoms with E-state index in [1.165, 1.54) is 0 Å². The highest BCUT2D eigenvalue weighted by Gasteiger charge is 2.22. The fourth-order valence-corrected chi connectivity index (χ4v) is 2.62. The third-order valence-corrected chi connectivity index (χ3v) is 3.93. The number of likely N-dealkylation sites (N-methyl/N-ethyl adjacent to an activating group) is 1. The van der Waals surface area contributed by atoms with Crippen molar-refractivity contribution in [1.29, 1.82) is 0 Å². The summed E-state index contributed by atoms with van der Waals surface area (Å²) in [4.78, 5) is 16.8. The number of hydrogen-bond acceptors (Lipinski definition) is 4. The lowest BCUT2D eigenvalue weighted by Gasteiger charge is -2.32. The first-order valence-electron chi connectivity index (χ1n) is 7.42. The monoisotopic (exact) mass is 300 g/mol. The van der Waals surface area contributed by atoms with Crippen LogP contribution < -0.4 is 4.74 Å². The van der Waals surface area contributed by atoms with E-state index in [9.17, 15) is 4.79 Å². The van der Waals surface area contributed by atoms with Gasteiger partial charge in [-0.2, -0.15) is 0 Å². The highest BCUT2D eigenvalue weighted by molar-refractivity contribution is 5.99. The van der Waals surface area contributed by atoms with Gasteiger partial charge in [0.15, 0.2) is 0 Å². The molecule has 0 unspecified atom stereocenters. The van der Waals surface area contributed by atoms with E-state index in [0.29, 0.717) is 23.5 Å². The van der Waals surface area contributed by atoms with Gasteiger partial charge in [0.2, 0.25) is 0 Å². The molecule has 0 N–H and O–H groups in total. The van der Waals surface area contributed by atoms with Crippen LogP contribution in [0.3, 0.4) is 0 Å². The quantitative estimate of drug-likeness (QED) is 0.813. The Hall–Kier alpha value is -2.27. The minimum Gasteiger partial charge on any atom is -0.489 e. The topological polar surface area (TPSA) is 45.9 Å². The van der Waals surface area contributed by atoms with Gasteiger partial charge in [0.05, 0.1) is 11.6 Å². The molecular formula is C17H20N2O3. The molecule has 0 spiro atoms. The van der Waals surface area contributed by atoms with E-state index in [-0.39, 0.29) is 5.91 Å². The van der Waals surface area contributed by atoms with E-state index in [2.05, 4.69) is 18.5 Å². The van der Waals surface area contributed by atoms with Crippen molar-refractivity contribution in [3.05, 3.63) is 42.7 Å². The summed E-state index contributed by atoms with van der Waals surface area (Å²) in [6.45, 7) is 7.33. The Balaban J connectivity index is 1.89. The molecule has 1 aliphatic heterocycles. The van der Waals surface area contributed by atoms with E-state index in [1.54, 1.807) is 24.5 Å². The standard InChI is InChI=1S/C17H20N2O3/c1-3-9-21-15-11-13(12-16-14(15)4-10-22-16)17(20)19-7-5-18(2)6-8-19/h3-4,10-12H,1,5-9H2,2H3. The molecule has 1 aliphatic rings. The van der Waals surface area contributed by atoms with Crippen LogP contribution in [0, 0.1) is 0 Å². The molecule has 0 aliphatic carbocycles. The van der Waals surface area contributed by atoms with Crippen LogP contribution in [0.15, 0.2) is 41.5 Å². The fourth-order valence-electron chi connectivity index (χ4n) is 2.62. The predicted molar refractivity (Wildman–Crippen MR) is 85.3 cm³/mol. The summed E-state index contributed by atoms with van der Waals surface area (Å²) in [7, 11) is 2.07. The van der Waals surface area contributed by atoms with Crippen molar-refractivity contribution in [2.24, 2.45) is 0 Å². The van der Waals surface area contributed by atoms with Crippen LogP contribution >= 0.6 is 0 Å². The van der Waals surface area contributed by atoms with Crippen LogP contribution in [0.2, 0.25) is 0 Å².